The van der Waals surface area contributed by atoms with E-state index in [9.17, 15) is 10.0 Å². The second-order valence-electron chi connectivity index (χ2n) is 30.4. The number of aromatic nitrogens is 2. The van der Waals surface area contributed by atoms with Gasteiger partial charge in [-0.3, -0.25) is 0 Å². The molecule has 0 amide bonds. The molecule has 0 atom stereocenters. The van der Waals surface area contributed by atoms with Crippen LogP contribution in [0.15, 0.2) is 466 Å². The number of nitrogens with zero attached hydrogens (tertiary/aromatic N) is 4. The van der Waals surface area contributed by atoms with Crippen molar-refractivity contribution in [2.24, 2.45) is 0 Å². The molecule has 6 nitrogen and oxygen atoms in total. The topological polar surface area (TPSA) is 56.8 Å². The first-order chi connectivity index (χ1) is 59.2. The summed E-state index contributed by atoms with van der Waals surface area (Å²) in [5, 5.41) is 33.5. The summed E-state index contributed by atoms with van der Waals surface area (Å²) in [5.41, 5.74) is 26.0. The molecule has 0 saturated carbocycles. The summed E-state index contributed by atoms with van der Waals surface area (Å²) in [5.74, 6) is 0. The van der Waals surface area contributed by atoms with Crippen molar-refractivity contribution in [1.82, 2.24) is 9.13 Å². The molecule has 22 rings (SSSR count). The molecular weight excluding hydrogens is 1760 g/mol. The minimum atomic E-state index is -1.46. The van der Waals surface area contributed by atoms with E-state index in [1.165, 1.54) is 126 Å². The van der Waals surface area contributed by atoms with Crippen LogP contribution in [0.4, 0.5) is 34.1 Å². The van der Waals surface area contributed by atoms with E-state index in [1.807, 2.05) is 42.5 Å². The number of fused-ring (bicyclic) bond motifs is 10. The van der Waals surface area contributed by atoms with Gasteiger partial charge in [0.15, 0.2) is 0 Å². The van der Waals surface area contributed by atoms with Gasteiger partial charge in [0.05, 0.1) is 22.1 Å². The third kappa shape index (κ3) is 15.8. The Morgan fingerprint density at radius 1 is 0.198 bits per heavy atom. The van der Waals surface area contributed by atoms with Crippen LogP contribution in [-0.2, 0) is 0 Å². The van der Waals surface area contributed by atoms with Crippen molar-refractivity contribution < 1.29 is 41.2 Å². The minimum absolute atomic E-state index is 0. The summed E-state index contributed by atoms with van der Waals surface area (Å²) in [6.45, 7) is 0. The summed E-state index contributed by atoms with van der Waals surface area (Å²) >= 11 is 3.59. The monoisotopic (exact) mass is 1840 g/mol. The molecule has 572 valence electrons. The fourth-order valence-corrected chi connectivity index (χ4v) is 17.3. The molecule has 20 aromatic carbocycles. The summed E-state index contributed by atoms with van der Waals surface area (Å²) in [7, 11) is -1.46. The summed E-state index contributed by atoms with van der Waals surface area (Å²) in [4.78, 5) is 4.66. The van der Waals surface area contributed by atoms with Gasteiger partial charge >= 0.3 is 7.12 Å². The van der Waals surface area contributed by atoms with Gasteiger partial charge in [-0.15, -0.1) is 0 Å². The Kier molecular flexibility index (Phi) is 21.8. The van der Waals surface area contributed by atoms with E-state index >= 15 is 0 Å². The van der Waals surface area contributed by atoms with Crippen molar-refractivity contribution in [3.63, 3.8) is 0 Å². The number of halogens is 1. The first-order valence-electron chi connectivity index (χ1n) is 40.6. The largest absolute Gasteiger partial charge is 0.488 e. The van der Waals surface area contributed by atoms with Crippen LogP contribution in [0.3, 0.4) is 0 Å². The quantitative estimate of drug-likeness (QED) is 0.107. The third-order valence-electron chi connectivity index (χ3n) is 23.1. The summed E-state index contributed by atoms with van der Waals surface area (Å²) < 4.78 is 5.62. The minimum Gasteiger partial charge on any atom is -0.423 e. The molecule has 0 aliphatic heterocycles. The number of hydrogen-bond donors (Lipinski definition) is 2. The smallest absolute Gasteiger partial charge is 0.423 e. The van der Waals surface area contributed by atoms with Crippen molar-refractivity contribution in [3.05, 3.63) is 466 Å². The predicted octanol–water partition coefficient (Wildman–Crippen LogP) is 29.6. The van der Waals surface area contributed by atoms with E-state index < -0.39 is 7.12 Å². The van der Waals surface area contributed by atoms with Crippen LogP contribution in [0, 0.1) is 31.1 Å². The molecule has 0 saturated heterocycles. The second kappa shape index (κ2) is 34.2. The van der Waals surface area contributed by atoms with E-state index in [1.54, 1.807) is 6.07 Å². The van der Waals surface area contributed by atoms with Crippen LogP contribution in [0.2, 0.25) is 0 Å². The molecule has 0 radical (unpaired) electrons. The van der Waals surface area contributed by atoms with Crippen LogP contribution >= 0.6 is 15.9 Å². The van der Waals surface area contributed by atoms with Crippen molar-refractivity contribution in [2.45, 2.75) is 0 Å². The third-order valence-corrected chi connectivity index (χ3v) is 23.6. The molecule has 0 spiro atoms. The van der Waals surface area contributed by atoms with Gasteiger partial charge in [-0.25, -0.2) is 0 Å². The molecule has 9 heteroatoms. The first kappa shape index (κ1) is 77.1. The van der Waals surface area contributed by atoms with E-state index in [-0.39, 0.29) is 31.1 Å². The zero-order chi connectivity index (χ0) is 80.4. The Labute approximate surface area is 735 Å². The van der Waals surface area contributed by atoms with Crippen molar-refractivity contribution in [3.8, 4) is 67.0 Å². The van der Waals surface area contributed by atoms with Crippen LogP contribution in [0.25, 0.3) is 154 Å². The van der Waals surface area contributed by atoms with E-state index in [4.69, 9.17) is 0 Å². The van der Waals surface area contributed by atoms with Gasteiger partial charge in [-0.2, -0.15) is 0 Å². The molecule has 2 aromatic heterocycles. The van der Waals surface area contributed by atoms with Gasteiger partial charge in [0, 0.05) is 103 Å². The first-order valence-corrected chi connectivity index (χ1v) is 41.4. The Morgan fingerprint density at radius 2 is 0.438 bits per heavy atom. The zero-order valence-electron chi connectivity index (χ0n) is 66.0. The standard InChI is InChI=1S/C56H38N2.C38H26BrN.C18H14BNO2.U/c1-2-14-49(15-3-1)58-55-17-9-8-16-53(55)54-38-48(28-35-56(54)58)43-26-33-52(34-27-43)57(50-29-22-41(23-30-50)46-20-18-39-10-4-6-12-44(39)36-46)51-31-24-42(25-32-51)47-21-19-40-11-5-7-13-45(40)37-47;39-35-17-23-38(24-18-35)40(36-19-13-29(14-20-36)33-11-9-27-5-1-3-7-31(27)25-33)37-21-15-30(16-22-37)34-12-10-28-6-2-4-8-32(28)26-34;21-19(22)13-10-11-18-16(12-13)15-8-4-5-9-17(15)20(18)14-6-2-1-3-7-14;/h1-38H;1-26H;1-12,21-22H;. The molecule has 121 heavy (non-hydrogen) atoms. The molecule has 22 aromatic rings. The Bertz CT molecular complexity index is 7240. The molecule has 2 N–H and O–H groups in total. The average Bonchev–Trinajstić information content (AvgIpc) is 1.60. The Balaban J connectivity index is 0.000000132. The maximum absolute atomic E-state index is 9.43. The fourth-order valence-electron chi connectivity index (χ4n) is 17.0. The van der Waals surface area contributed by atoms with Gasteiger partial charge in [0.25, 0.3) is 0 Å². The summed E-state index contributed by atoms with van der Waals surface area (Å²) in [6, 6.07) is 164. The zero-order valence-corrected chi connectivity index (χ0v) is 71.8. The molecule has 2 heterocycles. The molecule has 0 aliphatic rings. The van der Waals surface area contributed by atoms with Crippen molar-refractivity contribution >= 4 is 149 Å². The van der Waals surface area contributed by atoms with Gasteiger partial charge < -0.3 is 29.0 Å². The Morgan fingerprint density at radius 3 is 0.760 bits per heavy atom. The SMILES string of the molecule is Brc1ccc(N(c2ccc(-c3ccc4ccccc4c3)cc2)c2ccc(-c3ccc4ccccc4c3)cc2)cc1.OB(O)c1ccc2c(c1)c1ccccc1n2-c1ccccc1.[U].c1ccc(-n2c3ccccc3c3cc(-c4ccc(N(c5ccc(-c6ccc7ccccc7c6)cc5)c5ccc(-c6ccc7ccccc7c6)cc5)cc4)ccc32)cc1. The molecule has 0 unspecified atom stereocenters. The summed E-state index contributed by atoms with van der Waals surface area (Å²) in [6.07, 6.45) is 0. The van der Waals surface area contributed by atoms with Gasteiger partial charge in [0.2, 0.25) is 0 Å². The van der Waals surface area contributed by atoms with Gasteiger partial charge in [0.1, 0.15) is 0 Å². The van der Waals surface area contributed by atoms with Crippen LogP contribution in [0.5, 0.6) is 0 Å². The van der Waals surface area contributed by atoms with E-state index in [0.717, 1.165) is 66.1 Å². The van der Waals surface area contributed by atoms with Gasteiger partial charge in [-0.05, 0) is 268 Å². The van der Waals surface area contributed by atoms with Crippen LogP contribution in [0.1, 0.15) is 0 Å². The van der Waals surface area contributed by atoms with Crippen molar-refractivity contribution in [1.29, 1.82) is 0 Å². The van der Waals surface area contributed by atoms with Gasteiger partial charge in [-0.1, -0.05) is 313 Å². The Hall–Kier alpha value is -13.8. The van der Waals surface area contributed by atoms with E-state index in [0.29, 0.717) is 5.46 Å². The number of benzene rings is 20. The fraction of sp³-hybridized carbons (Fsp3) is 0. The average molecular weight is 1840 g/mol. The second-order valence-corrected chi connectivity index (χ2v) is 31.3. The number of para-hydroxylation sites is 4. The number of anilines is 6. The maximum Gasteiger partial charge on any atom is 0.488 e. The maximum atomic E-state index is 9.43. The number of hydrogen-bond acceptors (Lipinski definition) is 4. The van der Waals surface area contributed by atoms with E-state index in [2.05, 4.69) is 447 Å². The predicted molar refractivity (Wildman–Crippen MR) is 512 cm³/mol. The normalized spacial score (nSPS) is 11.2. The van der Waals surface area contributed by atoms with Crippen LogP contribution < -0.4 is 15.3 Å². The molecule has 0 bridgehead atoms. The number of rotatable bonds is 14. The molecule has 0 fully saturated rings. The van der Waals surface area contributed by atoms with Crippen molar-refractivity contribution in [2.75, 3.05) is 9.80 Å². The molecule has 0 aliphatic carbocycles. The van der Waals surface area contributed by atoms with Crippen LogP contribution in [-0.4, -0.2) is 26.3 Å². The molecular formula is C112H78BBrN4O2U.